The Morgan fingerprint density at radius 3 is 2.56 bits per heavy atom. The number of benzene rings is 1. The van der Waals surface area contributed by atoms with Crippen LogP contribution in [-0.2, 0) is 9.53 Å². The van der Waals surface area contributed by atoms with Gasteiger partial charge in [-0.25, -0.2) is 9.18 Å². The van der Waals surface area contributed by atoms with Gasteiger partial charge >= 0.3 is 5.97 Å². The molecule has 1 aliphatic rings. The van der Waals surface area contributed by atoms with Crippen LogP contribution < -0.4 is 5.32 Å². The van der Waals surface area contributed by atoms with Crippen molar-refractivity contribution in [2.24, 2.45) is 5.41 Å². The summed E-state index contributed by atoms with van der Waals surface area (Å²) in [5, 5.41) is 12.8. The highest BCUT2D eigenvalue weighted by atomic mass is 79.9. The minimum absolute atomic E-state index is 0.0439. The molecule has 4 nitrogen and oxygen atoms in total. The Bertz CT molecular complexity index is 860. The van der Waals surface area contributed by atoms with Crippen molar-refractivity contribution in [3.8, 4) is 6.07 Å². The van der Waals surface area contributed by atoms with Crippen molar-refractivity contribution in [2.75, 3.05) is 6.61 Å². The van der Waals surface area contributed by atoms with Gasteiger partial charge in [-0.05, 0) is 43.4 Å². The van der Waals surface area contributed by atoms with Crippen molar-refractivity contribution >= 4 is 21.9 Å². The molecule has 1 aromatic rings. The Kier molecular flexibility index (Phi) is 6.48. The fraction of sp³-hybridized carbons (Fsp3) is 0.429. The predicted molar refractivity (Wildman–Crippen MR) is 106 cm³/mol. The van der Waals surface area contributed by atoms with Crippen LogP contribution in [0.2, 0.25) is 0 Å². The van der Waals surface area contributed by atoms with E-state index in [0.29, 0.717) is 39.2 Å². The summed E-state index contributed by atoms with van der Waals surface area (Å²) < 4.78 is 19.6. The summed E-state index contributed by atoms with van der Waals surface area (Å²) in [4.78, 5) is 12.9. The number of ether oxygens (including phenoxy) is 1. The summed E-state index contributed by atoms with van der Waals surface area (Å²) in [6.07, 6.45) is 0.726. The Morgan fingerprint density at radius 1 is 1.33 bits per heavy atom. The van der Waals surface area contributed by atoms with Crippen LogP contribution in [0.25, 0.3) is 0 Å². The van der Waals surface area contributed by atoms with E-state index in [1.165, 1.54) is 12.1 Å². The number of dihydropyridines is 1. The lowest BCUT2D eigenvalue weighted by molar-refractivity contribution is -0.140. The minimum atomic E-state index is -0.617. The van der Waals surface area contributed by atoms with Crippen molar-refractivity contribution in [1.29, 1.82) is 5.26 Å². The van der Waals surface area contributed by atoms with Crippen LogP contribution in [-0.4, -0.2) is 12.6 Å². The molecule has 144 valence electrons. The van der Waals surface area contributed by atoms with E-state index in [1.54, 1.807) is 19.9 Å². The average molecular weight is 435 g/mol. The normalized spacial score (nSPS) is 17.5. The highest BCUT2D eigenvalue weighted by molar-refractivity contribution is 9.10. The molecule has 6 heteroatoms. The maximum Gasteiger partial charge on any atom is 0.336 e. The van der Waals surface area contributed by atoms with E-state index in [9.17, 15) is 14.4 Å². The molecule has 0 saturated carbocycles. The number of hydrogen-bond donors (Lipinski definition) is 1. The summed E-state index contributed by atoms with van der Waals surface area (Å²) in [6, 6.07) is 6.44. The minimum Gasteiger partial charge on any atom is -0.462 e. The number of esters is 1. The van der Waals surface area contributed by atoms with Crippen molar-refractivity contribution in [2.45, 2.75) is 47.0 Å². The zero-order valence-corrected chi connectivity index (χ0v) is 17.8. The molecule has 1 atom stereocenters. The van der Waals surface area contributed by atoms with Crippen LogP contribution in [0.15, 0.2) is 45.2 Å². The van der Waals surface area contributed by atoms with Gasteiger partial charge in [0, 0.05) is 15.9 Å². The quantitative estimate of drug-likeness (QED) is 0.650. The zero-order chi connectivity index (χ0) is 20.4. The van der Waals surface area contributed by atoms with Crippen LogP contribution >= 0.6 is 15.9 Å². The summed E-state index contributed by atoms with van der Waals surface area (Å²) in [7, 11) is 0. The van der Waals surface area contributed by atoms with Crippen molar-refractivity contribution < 1.29 is 13.9 Å². The fourth-order valence-corrected chi connectivity index (χ4v) is 3.57. The molecule has 0 amide bonds. The fourth-order valence-electron chi connectivity index (χ4n) is 2.99. The molecular formula is C21H24BrFN2O2. The smallest absolute Gasteiger partial charge is 0.336 e. The lowest BCUT2D eigenvalue weighted by Crippen LogP contribution is -2.29. The first-order valence-corrected chi connectivity index (χ1v) is 9.55. The number of halogens is 2. The third-order valence-corrected chi connectivity index (χ3v) is 5.15. The Balaban J connectivity index is 2.45. The number of allylic oxidation sites excluding steroid dienone is 3. The molecule has 0 fully saturated rings. The molecular weight excluding hydrogens is 411 g/mol. The number of carbonyl (C=O) groups is 1. The maximum absolute atomic E-state index is 13.6. The van der Waals surface area contributed by atoms with E-state index in [-0.39, 0.29) is 5.41 Å². The van der Waals surface area contributed by atoms with Crippen molar-refractivity contribution in [3.05, 3.63) is 56.6 Å². The summed E-state index contributed by atoms with van der Waals surface area (Å²) >= 11 is 3.37. The molecule has 0 aliphatic carbocycles. The van der Waals surface area contributed by atoms with Gasteiger partial charge in [-0.1, -0.05) is 42.8 Å². The second-order valence-corrected chi connectivity index (χ2v) is 8.71. The molecule has 27 heavy (non-hydrogen) atoms. The van der Waals surface area contributed by atoms with Crippen LogP contribution in [0.4, 0.5) is 4.39 Å². The van der Waals surface area contributed by atoms with E-state index in [4.69, 9.17) is 4.74 Å². The van der Waals surface area contributed by atoms with Gasteiger partial charge in [-0.3, -0.25) is 0 Å². The Morgan fingerprint density at radius 2 is 2.00 bits per heavy atom. The van der Waals surface area contributed by atoms with Gasteiger partial charge in [-0.15, -0.1) is 0 Å². The number of nitriles is 1. The van der Waals surface area contributed by atoms with Crippen molar-refractivity contribution in [1.82, 2.24) is 5.32 Å². The molecule has 1 unspecified atom stereocenters. The van der Waals surface area contributed by atoms with Crippen LogP contribution in [0.1, 0.15) is 52.5 Å². The third-order valence-electron chi connectivity index (χ3n) is 4.46. The molecule has 0 spiro atoms. The van der Waals surface area contributed by atoms with Crippen LogP contribution in [0, 0.1) is 22.6 Å². The summed E-state index contributed by atoms with van der Waals surface area (Å²) in [5.41, 5.74) is 2.78. The number of hydrogen-bond acceptors (Lipinski definition) is 4. The number of nitrogens with one attached hydrogen (secondary N) is 1. The molecule has 1 heterocycles. The van der Waals surface area contributed by atoms with E-state index in [0.717, 1.165) is 6.42 Å². The first-order chi connectivity index (χ1) is 12.5. The third kappa shape index (κ3) is 4.98. The van der Waals surface area contributed by atoms with E-state index in [1.807, 2.05) is 0 Å². The van der Waals surface area contributed by atoms with Gasteiger partial charge in [0.1, 0.15) is 5.82 Å². The number of nitrogens with zero attached hydrogens (tertiary/aromatic N) is 1. The second-order valence-electron chi connectivity index (χ2n) is 7.86. The highest BCUT2D eigenvalue weighted by Gasteiger charge is 2.35. The lowest BCUT2D eigenvalue weighted by atomic mass is 9.81. The summed E-state index contributed by atoms with van der Waals surface area (Å²) in [6.45, 7) is 10.1. The molecule has 0 saturated heterocycles. The standard InChI is InChI=1S/C21H24BrFN2O2/c1-12-16(11-24)19(15-7-6-14(23)10-17(15)22)18(13(2)25-12)20(26)27-9-8-21(3,4)5/h6-7,10,19,25H,8-9H2,1-5H3. The van der Waals surface area contributed by atoms with E-state index >= 15 is 0 Å². The topological polar surface area (TPSA) is 62.1 Å². The van der Waals surface area contributed by atoms with Gasteiger partial charge in [0.05, 0.1) is 29.7 Å². The number of rotatable bonds is 4. The molecule has 0 bridgehead atoms. The Hall–Kier alpha value is -2.13. The van der Waals surface area contributed by atoms with Crippen molar-refractivity contribution in [3.63, 3.8) is 0 Å². The summed E-state index contributed by atoms with van der Waals surface area (Å²) in [5.74, 6) is -1.48. The average Bonchev–Trinajstić information content (AvgIpc) is 2.53. The monoisotopic (exact) mass is 434 g/mol. The molecule has 1 aromatic carbocycles. The van der Waals surface area contributed by atoms with Gasteiger partial charge < -0.3 is 10.1 Å². The maximum atomic E-state index is 13.6. The molecule has 1 aliphatic heterocycles. The largest absolute Gasteiger partial charge is 0.462 e. The van der Waals surface area contributed by atoms with Gasteiger partial charge in [0.2, 0.25) is 0 Å². The number of carbonyl (C=O) groups excluding carboxylic acids is 1. The van der Waals surface area contributed by atoms with Gasteiger partial charge in [-0.2, -0.15) is 5.26 Å². The van der Waals surface area contributed by atoms with Gasteiger partial charge in [0.25, 0.3) is 0 Å². The van der Waals surface area contributed by atoms with E-state index < -0.39 is 17.7 Å². The van der Waals surface area contributed by atoms with Crippen LogP contribution in [0.3, 0.4) is 0 Å². The zero-order valence-electron chi connectivity index (χ0n) is 16.2. The molecule has 0 radical (unpaired) electrons. The SMILES string of the molecule is CC1=C(C#N)C(c2ccc(F)cc2Br)C(C(=O)OCCC(C)(C)C)=C(C)N1. The predicted octanol–water partition coefficient (Wildman–Crippen LogP) is 5.33. The first kappa shape index (κ1) is 21.2. The Labute approximate surface area is 168 Å². The molecule has 0 aromatic heterocycles. The second kappa shape index (κ2) is 8.26. The van der Waals surface area contributed by atoms with Crippen LogP contribution in [0.5, 0.6) is 0 Å². The van der Waals surface area contributed by atoms with Gasteiger partial charge in [0.15, 0.2) is 0 Å². The lowest BCUT2D eigenvalue weighted by Gasteiger charge is -2.29. The van der Waals surface area contributed by atoms with E-state index in [2.05, 4.69) is 48.1 Å². The highest BCUT2D eigenvalue weighted by Crippen LogP contribution is 2.41. The molecule has 2 rings (SSSR count). The first-order valence-electron chi connectivity index (χ1n) is 8.76. The molecule has 1 N–H and O–H groups in total.